The van der Waals surface area contributed by atoms with Gasteiger partial charge < -0.3 is 10.4 Å². The molecule has 6 nitrogen and oxygen atoms in total. The number of fused-ring (bicyclic) bond motifs is 1. The Hall–Kier alpha value is -2.29. The molecule has 1 amide bonds. The highest BCUT2D eigenvalue weighted by Crippen LogP contribution is 2.47. The van der Waals surface area contributed by atoms with Crippen LogP contribution in [-0.2, 0) is 20.4 Å². The largest absolute Gasteiger partial charge is 0.384 e. The van der Waals surface area contributed by atoms with Gasteiger partial charge in [-0.3, -0.25) is 4.79 Å². The van der Waals surface area contributed by atoms with Crippen molar-refractivity contribution in [3.8, 4) is 0 Å². The predicted octanol–water partition coefficient (Wildman–Crippen LogP) is 4.01. The number of carbonyl (C=O) groups is 1. The molecule has 1 fully saturated rings. The third-order valence-corrected chi connectivity index (χ3v) is 8.79. The predicted molar refractivity (Wildman–Crippen MR) is 127 cm³/mol. The van der Waals surface area contributed by atoms with Crippen molar-refractivity contribution in [1.82, 2.24) is 10.3 Å². The highest BCUT2D eigenvalue weighted by atomic mass is 32.2. The molecule has 2 aromatic carbocycles. The topological polar surface area (TPSA) is 96.4 Å². The van der Waals surface area contributed by atoms with Crippen LogP contribution in [0.2, 0.25) is 0 Å². The minimum atomic E-state index is -3.45. The van der Waals surface area contributed by atoms with Crippen molar-refractivity contribution in [2.24, 2.45) is 5.41 Å². The van der Waals surface area contributed by atoms with Gasteiger partial charge in [-0.2, -0.15) is 0 Å². The van der Waals surface area contributed by atoms with E-state index in [0.29, 0.717) is 24.3 Å². The summed E-state index contributed by atoms with van der Waals surface area (Å²) in [6, 6.07) is 16.2. The normalized spacial score (nSPS) is 17.1. The van der Waals surface area contributed by atoms with Crippen LogP contribution in [0.15, 0.2) is 54.6 Å². The maximum absolute atomic E-state index is 13.1. The molecule has 2 atom stereocenters. The van der Waals surface area contributed by atoms with Crippen LogP contribution >= 0.6 is 11.3 Å². The quantitative estimate of drug-likeness (QED) is 0.465. The van der Waals surface area contributed by atoms with Gasteiger partial charge in [0.05, 0.1) is 33.2 Å². The molecule has 3 aromatic rings. The molecule has 1 aliphatic carbocycles. The van der Waals surface area contributed by atoms with Crippen LogP contribution in [-0.4, -0.2) is 36.2 Å². The maximum atomic E-state index is 13.1. The van der Waals surface area contributed by atoms with Crippen LogP contribution in [0.5, 0.6) is 0 Å². The molecule has 0 saturated heterocycles. The molecule has 1 aliphatic rings. The van der Waals surface area contributed by atoms with Gasteiger partial charge in [-0.05, 0) is 37.0 Å². The number of nitrogens with zero attached hydrogens (tertiary/aromatic N) is 1. The molecular formula is C24H28N2O4S2. The third kappa shape index (κ3) is 5.19. The number of aromatic nitrogens is 1. The molecule has 0 radical (unpaired) electrons. The van der Waals surface area contributed by atoms with Gasteiger partial charge in [0.1, 0.15) is 11.1 Å². The summed E-state index contributed by atoms with van der Waals surface area (Å²) in [6.45, 7) is 1.99. The van der Waals surface area contributed by atoms with Gasteiger partial charge in [0.15, 0.2) is 9.84 Å². The van der Waals surface area contributed by atoms with Crippen LogP contribution in [0.25, 0.3) is 10.2 Å². The van der Waals surface area contributed by atoms with Crippen molar-refractivity contribution in [3.05, 3.63) is 65.2 Å². The molecular weight excluding hydrogens is 444 g/mol. The number of amides is 1. The molecule has 2 unspecified atom stereocenters. The highest BCUT2D eigenvalue weighted by Gasteiger charge is 2.53. The van der Waals surface area contributed by atoms with Crippen LogP contribution in [0.1, 0.15) is 49.3 Å². The van der Waals surface area contributed by atoms with E-state index in [1.54, 1.807) is 12.1 Å². The number of thiazole rings is 1. The first-order valence-electron chi connectivity index (χ1n) is 10.9. The number of hydrogen-bond acceptors (Lipinski definition) is 6. The zero-order chi connectivity index (χ0) is 22.8. The third-order valence-electron chi connectivity index (χ3n) is 5.92. The summed E-state index contributed by atoms with van der Waals surface area (Å²) < 4.78 is 26.6. The average Bonchev–Trinajstić information content (AvgIpc) is 3.40. The number of hydrogen-bond donors (Lipinski definition) is 2. The van der Waals surface area contributed by atoms with Crippen molar-refractivity contribution in [1.29, 1.82) is 0 Å². The van der Waals surface area contributed by atoms with E-state index in [-0.39, 0.29) is 17.4 Å². The summed E-state index contributed by atoms with van der Waals surface area (Å²) in [7, 11) is -3.45. The zero-order valence-electron chi connectivity index (χ0n) is 18.0. The lowest BCUT2D eigenvalue weighted by Crippen LogP contribution is -2.45. The molecule has 1 aromatic heterocycles. The van der Waals surface area contributed by atoms with E-state index in [1.165, 1.54) is 11.3 Å². The fourth-order valence-electron chi connectivity index (χ4n) is 4.02. The molecule has 0 bridgehead atoms. The number of para-hydroxylation sites is 1. The number of rotatable bonds is 10. The molecule has 8 heteroatoms. The summed E-state index contributed by atoms with van der Waals surface area (Å²) in [6.07, 6.45) is 1.50. The Kier molecular flexibility index (Phi) is 6.65. The lowest BCUT2D eigenvalue weighted by Gasteiger charge is -2.25. The van der Waals surface area contributed by atoms with Gasteiger partial charge in [0, 0.05) is 0 Å². The molecule has 170 valence electrons. The first-order chi connectivity index (χ1) is 15.3. The Balaban J connectivity index is 1.46. The summed E-state index contributed by atoms with van der Waals surface area (Å²) in [5, 5.41) is 14.5. The Morgan fingerprint density at radius 3 is 2.50 bits per heavy atom. The Labute approximate surface area is 192 Å². The summed E-state index contributed by atoms with van der Waals surface area (Å²) >= 11 is 1.41. The number of carbonyl (C=O) groups excluding carboxylic acids is 1. The second-order valence-electron chi connectivity index (χ2n) is 8.63. The number of benzene rings is 2. The van der Waals surface area contributed by atoms with Crippen LogP contribution in [0.3, 0.4) is 0 Å². The van der Waals surface area contributed by atoms with Crippen LogP contribution in [0.4, 0.5) is 0 Å². The minimum absolute atomic E-state index is 0.0738. The van der Waals surface area contributed by atoms with E-state index in [4.69, 9.17) is 0 Å². The SMILES string of the molecule is CCCC(NC(=O)C1(CS(=O)(=O)Cc2ccccc2)CC1)C(O)c1nc2ccccc2s1. The monoisotopic (exact) mass is 472 g/mol. The molecule has 1 heterocycles. The van der Waals surface area contributed by atoms with Crippen molar-refractivity contribution < 1.29 is 18.3 Å². The Morgan fingerprint density at radius 2 is 1.84 bits per heavy atom. The molecule has 0 aliphatic heterocycles. The van der Waals surface area contributed by atoms with E-state index in [9.17, 15) is 18.3 Å². The van der Waals surface area contributed by atoms with Gasteiger partial charge in [0.25, 0.3) is 0 Å². The highest BCUT2D eigenvalue weighted by molar-refractivity contribution is 7.90. The van der Waals surface area contributed by atoms with E-state index >= 15 is 0 Å². The van der Waals surface area contributed by atoms with Crippen molar-refractivity contribution in [2.45, 2.75) is 50.5 Å². The smallest absolute Gasteiger partial charge is 0.227 e. The van der Waals surface area contributed by atoms with Gasteiger partial charge >= 0.3 is 0 Å². The standard InChI is InChI=1S/C24H28N2O4S2/c1-2-8-19(21(27)22-25-18-11-6-7-12-20(18)31-22)26-23(28)24(13-14-24)16-32(29,30)15-17-9-4-3-5-10-17/h3-7,9-12,19,21,27H,2,8,13-16H2,1H3,(H,26,28). The first-order valence-corrected chi connectivity index (χ1v) is 13.5. The van der Waals surface area contributed by atoms with Crippen molar-refractivity contribution >= 4 is 37.3 Å². The second-order valence-corrected chi connectivity index (χ2v) is 11.8. The molecule has 1 saturated carbocycles. The van der Waals surface area contributed by atoms with E-state index in [0.717, 1.165) is 22.2 Å². The fourth-order valence-corrected chi connectivity index (χ4v) is 7.10. The van der Waals surface area contributed by atoms with Gasteiger partial charge in [-0.1, -0.05) is 55.8 Å². The van der Waals surface area contributed by atoms with E-state index in [1.807, 2.05) is 49.4 Å². The summed E-state index contributed by atoms with van der Waals surface area (Å²) in [5.74, 6) is -0.528. The fraction of sp³-hybridized carbons (Fsp3) is 0.417. The van der Waals surface area contributed by atoms with Crippen LogP contribution < -0.4 is 5.32 Å². The molecule has 32 heavy (non-hydrogen) atoms. The number of nitrogens with one attached hydrogen (secondary N) is 1. The number of sulfone groups is 1. The summed E-state index contributed by atoms with van der Waals surface area (Å²) in [5.41, 5.74) is 0.644. The molecule has 0 spiro atoms. The molecule has 2 N–H and O–H groups in total. The lowest BCUT2D eigenvalue weighted by molar-refractivity contribution is -0.127. The van der Waals surface area contributed by atoms with Crippen molar-refractivity contribution in [3.63, 3.8) is 0 Å². The van der Waals surface area contributed by atoms with E-state index < -0.39 is 27.4 Å². The van der Waals surface area contributed by atoms with E-state index in [2.05, 4.69) is 10.3 Å². The van der Waals surface area contributed by atoms with Gasteiger partial charge in [-0.15, -0.1) is 11.3 Å². The first kappa shape index (κ1) is 22.9. The minimum Gasteiger partial charge on any atom is -0.384 e. The zero-order valence-corrected chi connectivity index (χ0v) is 19.7. The molecule has 4 rings (SSSR count). The summed E-state index contributed by atoms with van der Waals surface area (Å²) in [4.78, 5) is 17.7. The van der Waals surface area contributed by atoms with Gasteiger partial charge in [0.2, 0.25) is 5.91 Å². The van der Waals surface area contributed by atoms with Crippen molar-refractivity contribution in [2.75, 3.05) is 5.75 Å². The maximum Gasteiger partial charge on any atom is 0.227 e. The lowest BCUT2D eigenvalue weighted by atomic mass is 10.0. The Bertz CT molecular complexity index is 1150. The Morgan fingerprint density at radius 1 is 1.16 bits per heavy atom. The second kappa shape index (κ2) is 9.29. The average molecular weight is 473 g/mol. The van der Waals surface area contributed by atoms with Gasteiger partial charge in [-0.25, -0.2) is 13.4 Å². The number of aliphatic hydroxyl groups is 1. The number of aliphatic hydroxyl groups excluding tert-OH is 1. The van der Waals surface area contributed by atoms with Crippen LogP contribution in [0, 0.1) is 5.41 Å².